The molecule has 3 rings (SSSR count). The lowest BCUT2D eigenvalue weighted by Crippen LogP contribution is -2.47. The largest absolute Gasteiger partial charge is 0.369 e. The standard InChI is InChI=1S/C19H20N8/c1-25(2)14-23-18-15(12-20)11-16(13-21)19(24-18)27-9-7-26(8-10-27)17-5-3-4-6-22-17/h3-6,11,14H,7-10H2,1-2H3. The van der Waals surface area contributed by atoms with Crippen LogP contribution in [0.1, 0.15) is 11.1 Å². The summed E-state index contributed by atoms with van der Waals surface area (Å²) < 4.78 is 0. The molecule has 8 nitrogen and oxygen atoms in total. The Balaban J connectivity index is 1.85. The maximum atomic E-state index is 9.51. The third-order valence-corrected chi connectivity index (χ3v) is 4.19. The van der Waals surface area contributed by atoms with E-state index in [0.717, 1.165) is 18.9 Å². The van der Waals surface area contributed by atoms with Gasteiger partial charge in [0.15, 0.2) is 5.82 Å². The lowest BCUT2D eigenvalue weighted by molar-refractivity contribution is 0.639. The Morgan fingerprint density at radius 1 is 1.07 bits per heavy atom. The van der Waals surface area contributed by atoms with Crippen molar-refractivity contribution in [3.05, 3.63) is 41.6 Å². The zero-order valence-electron chi connectivity index (χ0n) is 15.4. The van der Waals surface area contributed by atoms with Gasteiger partial charge in [0.25, 0.3) is 0 Å². The van der Waals surface area contributed by atoms with Gasteiger partial charge in [-0.25, -0.2) is 15.0 Å². The number of aliphatic imine (C=N–C) groups is 1. The molecule has 0 aromatic carbocycles. The lowest BCUT2D eigenvalue weighted by atomic mass is 10.1. The van der Waals surface area contributed by atoms with Crippen molar-refractivity contribution >= 4 is 23.8 Å². The number of pyridine rings is 2. The van der Waals surface area contributed by atoms with Crippen molar-refractivity contribution in [3.8, 4) is 12.1 Å². The van der Waals surface area contributed by atoms with Crippen LogP contribution in [0.3, 0.4) is 0 Å². The number of piperazine rings is 1. The molecule has 1 saturated heterocycles. The average Bonchev–Trinajstić information content (AvgIpc) is 2.72. The van der Waals surface area contributed by atoms with Crippen LogP contribution in [0.4, 0.5) is 17.5 Å². The number of hydrogen-bond donors (Lipinski definition) is 0. The summed E-state index contributed by atoms with van der Waals surface area (Å²) in [5.74, 6) is 1.84. The molecule has 2 aromatic rings. The molecule has 3 heterocycles. The van der Waals surface area contributed by atoms with Crippen LogP contribution in [0.25, 0.3) is 0 Å². The van der Waals surface area contributed by atoms with Crippen molar-refractivity contribution in [1.29, 1.82) is 10.5 Å². The van der Waals surface area contributed by atoms with Gasteiger partial charge >= 0.3 is 0 Å². The number of nitriles is 2. The van der Waals surface area contributed by atoms with Crippen molar-refractivity contribution in [3.63, 3.8) is 0 Å². The molecule has 136 valence electrons. The van der Waals surface area contributed by atoms with Crippen molar-refractivity contribution in [2.75, 3.05) is 50.1 Å². The Kier molecular flexibility index (Phi) is 5.48. The van der Waals surface area contributed by atoms with E-state index in [4.69, 9.17) is 0 Å². The molecule has 0 spiro atoms. The molecule has 2 aromatic heterocycles. The highest BCUT2D eigenvalue weighted by Gasteiger charge is 2.22. The zero-order valence-corrected chi connectivity index (χ0v) is 15.4. The number of aromatic nitrogens is 2. The molecule has 0 aliphatic carbocycles. The Bertz CT molecular complexity index is 900. The molecule has 0 N–H and O–H groups in total. The predicted octanol–water partition coefficient (Wildman–Crippen LogP) is 1.77. The van der Waals surface area contributed by atoms with Crippen molar-refractivity contribution in [2.45, 2.75) is 0 Å². The molecule has 0 radical (unpaired) electrons. The topological polar surface area (TPSA) is 95.4 Å². The maximum Gasteiger partial charge on any atom is 0.173 e. The van der Waals surface area contributed by atoms with E-state index in [-0.39, 0.29) is 0 Å². The first-order valence-electron chi connectivity index (χ1n) is 8.59. The fourth-order valence-corrected chi connectivity index (χ4v) is 2.86. The highest BCUT2D eigenvalue weighted by atomic mass is 15.3. The van der Waals surface area contributed by atoms with Crippen LogP contribution in [-0.2, 0) is 0 Å². The van der Waals surface area contributed by atoms with Crippen molar-refractivity contribution < 1.29 is 0 Å². The van der Waals surface area contributed by atoms with Gasteiger partial charge in [-0.1, -0.05) is 6.07 Å². The Morgan fingerprint density at radius 3 is 2.37 bits per heavy atom. The summed E-state index contributed by atoms with van der Waals surface area (Å²) in [5.41, 5.74) is 0.683. The summed E-state index contributed by atoms with van der Waals surface area (Å²) >= 11 is 0. The molecular formula is C19H20N8. The second kappa shape index (κ2) is 8.15. The van der Waals surface area contributed by atoms with Crippen LogP contribution in [-0.4, -0.2) is 61.5 Å². The molecule has 0 unspecified atom stereocenters. The fraction of sp³-hybridized carbons (Fsp3) is 0.316. The number of anilines is 2. The minimum Gasteiger partial charge on any atom is -0.369 e. The third kappa shape index (κ3) is 4.13. The fourth-order valence-electron chi connectivity index (χ4n) is 2.86. The quantitative estimate of drug-likeness (QED) is 0.605. The van der Waals surface area contributed by atoms with Crippen LogP contribution in [0.5, 0.6) is 0 Å². The van der Waals surface area contributed by atoms with Gasteiger partial charge in [-0.3, -0.25) is 0 Å². The normalized spacial score (nSPS) is 14.1. The Labute approximate surface area is 158 Å². The summed E-state index contributed by atoms with van der Waals surface area (Å²) in [7, 11) is 3.69. The maximum absolute atomic E-state index is 9.51. The molecular weight excluding hydrogens is 340 g/mol. The highest BCUT2D eigenvalue weighted by Crippen LogP contribution is 2.27. The molecule has 1 fully saturated rings. The minimum atomic E-state index is 0.292. The van der Waals surface area contributed by atoms with Crippen LogP contribution in [0.2, 0.25) is 0 Å². The van der Waals surface area contributed by atoms with Crippen LogP contribution < -0.4 is 9.80 Å². The molecule has 27 heavy (non-hydrogen) atoms. The molecule has 0 bridgehead atoms. The van der Waals surface area contributed by atoms with Crippen molar-refractivity contribution in [1.82, 2.24) is 14.9 Å². The van der Waals surface area contributed by atoms with E-state index in [9.17, 15) is 10.5 Å². The van der Waals surface area contributed by atoms with E-state index in [1.54, 1.807) is 23.5 Å². The molecule has 0 saturated carbocycles. The second-order valence-corrected chi connectivity index (χ2v) is 6.32. The van der Waals surface area contributed by atoms with Gasteiger partial charge in [-0.05, 0) is 18.2 Å². The van der Waals surface area contributed by atoms with Gasteiger partial charge in [0.2, 0.25) is 0 Å². The number of nitrogens with zero attached hydrogens (tertiary/aromatic N) is 8. The van der Waals surface area contributed by atoms with Gasteiger partial charge < -0.3 is 14.7 Å². The number of rotatable bonds is 4. The van der Waals surface area contributed by atoms with E-state index in [0.29, 0.717) is 35.9 Å². The third-order valence-electron chi connectivity index (χ3n) is 4.19. The number of hydrogen-bond acceptors (Lipinski definition) is 7. The summed E-state index contributed by atoms with van der Waals surface area (Å²) in [6.45, 7) is 2.97. The molecule has 1 aliphatic heterocycles. The average molecular weight is 360 g/mol. The molecule has 0 amide bonds. The van der Waals surface area contributed by atoms with Gasteiger partial charge in [-0.2, -0.15) is 10.5 Å². The van der Waals surface area contributed by atoms with E-state index >= 15 is 0 Å². The van der Waals surface area contributed by atoms with Gasteiger partial charge in [0.1, 0.15) is 23.8 Å². The van der Waals surface area contributed by atoms with Crippen LogP contribution >= 0.6 is 0 Å². The monoisotopic (exact) mass is 360 g/mol. The van der Waals surface area contributed by atoms with E-state index in [2.05, 4.69) is 36.9 Å². The highest BCUT2D eigenvalue weighted by molar-refractivity contribution is 5.67. The van der Waals surface area contributed by atoms with Crippen molar-refractivity contribution in [2.24, 2.45) is 4.99 Å². The summed E-state index contributed by atoms with van der Waals surface area (Å²) in [6.07, 6.45) is 3.38. The smallest absolute Gasteiger partial charge is 0.173 e. The Hall–Kier alpha value is -3.65. The van der Waals surface area contributed by atoms with E-state index in [1.165, 1.54) is 0 Å². The summed E-state index contributed by atoms with van der Waals surface area (Å²) in [4.78, 5) is 19.2. The summed E-state index contributed by atoms with van der Waals surface area (Å²) in [5, 5.41) is 18.9. The van der Waals surface area contributed by atoms with Gasteiger partial charge in [0, 0.05) is 46.5 Å². The summed E-state index contributed by atoms with van der Waals surface area (Å²) in [6, 6.07) is 11.7. The molecule has 0 atom stereocenters. The van der Waals surface area contributed by atoms with E-state index < -0.39 is 0 Å². The Morgan fingerprint density at radius 2 is 1.78 bits per heavy atom. The first-order valence-corrected chi connectivity index (χ1v) is 8.59. The zero-order chi connectivity index (χ0) is 19.2. The van der Waals surface area contributed by atoms with Crippen LogP contribution in [0.15, 0.2) is 35.5 Å². The first kappa shape index (κ1) is 18.2. The molecule has 1 aliphatic rings. The van der Waals surface area contributed by atoms with Gasteiger partial charge in [0.05, 0.1) is 17.5 Å². The first-order chi connectivity index (χ1) is 13.1. The minimum absolute atomic E-state index is 0.292. The van der Waals surface area contributed by atoms with E-state index in [1.807, 2.05) is 32.3 Å². The van der Waals surface area contributed by atoms with Gasteiger partial charge in [-0.15, -0.1) is 0 Å². The second-order valence-electron chi connectivity index (χ2n) is 6.32. The predicted molar refractivity (Wildman–Crippen MR) is 104 cm³/mol. The molecule has 8 heteroatoms. The lowest BCUT2D eigenvalue weighted by Gasteiger charge is -2.36. The van der Waals surface area contributed by atoms with Crippen LogP contribution in [0, 0.1) is 22.7 Å². The SMILES string of the molecule is CN(C)C=Nc1nc(N2CCN(c3ccccn3)CC2)c(C#N)cc1C#N.